The number of benzene rings is 1. The molecule has 2 rings (SSSR count). The van der Waals surface area contributed by atoms with Crippen molar-refractivity contribution in [3.8, 4) is 0 Å². The van der Waals surface area contributed by atoms with Crippen LogP contribution in [0.15, 0.2) is 29.2 Å². The Morgan fingerprint density at radius 3 is 2.39 bits per heavy atom. The number of hydrogen-bond donors (Lipinski definition) is 0. The van der Waals surface area contributed by atoms with E-state index in [0.717, 1.165) is 36.1 Å². The summed E-state index contributed by atoms with van der Waals surface area (Å²) in [6.45, 7) is 2.00. The molecule has 1 aliphatic carbocycles. The number of aryl methyl sites for hydroxylation is 1. The third kappa shape index (κ3) is 3.52. The van der Waals surface area contributed by atoms with E-state index in [2.05, 4.69) is 0 Å². The van der Waals surface area contributed by atoms with E-state index in [1.165, 1.54) is 6.42 Å². The number of carbonyl (C=O) groups is 1. The highest BCUT2D eigenvalue weighted by Crippen LogP contribution is 2.25. The molecule has 0 aliphatic heterocycles. The molecule has 1 unspecified atom stereocenters. The van der Waals surface area contributed by atoms with Crippen LogP contribution >= 0.6 is 0 Å². The minimum atomic E-state index is -1.17. The molecule has 0 heterocycles. The van der Waals surface area contributed by atoms with E-state index in [1.54, 1.807) is 0 Å². The first-order valence-electron chi connectivity index (χ1n) is 6.64. The van der Waals surface area contributed by atoms with Crippen molar-refractivity contribution in [1.29, 1.82) is 0 Å². The highest BCUT2D eigenvalue weighted by Gasteiger charge is 2.22. The topological polar surface area (TPSA) is 34.1 Å². The quantitative estimate of drug-likeness (QED) is 0.836. The fraction of sp³-hybridized carbons (Fsp3) is 0.533. The summed E-state index contributed by atoms with van der Waals surface area (Å²) in [5, 5.41) is 0. The molecule has 0 radical (unpaired) electrons. The lowest BCUT2D eigenvalue weighted by molar-refractivity contribution is -0.121. The minimum Gasteiger partial charge on any atom is -0.298 e. The maximum atomic E-state index is 12.1. The third-order valence-corrected chi connectivity index (χ3v) is 4.96. The number of rotatable bonds is 4. The molecule has 0 aromatic heterocycles. The van der Waals surface area contributed by atoms with E-state index in [4.69, 9.17) is 0 Å². The van der Waals surface area contributed by atoms with Gasteiger partial charge < -0.3 is 0 Å². The number of carbonyl (C=O) groups excluding carboxylic acids is 1. The fourth-order valence-corrected chi connectivity index (χ4v) is 3.55. The molecule has 0 amide bonds. The van der Waals surface area contributed by atoms with Gasteiger partial charge in [-0.2, -0.15) is 0 Å². The summed E-state index contributed by atoms with van der Waals surface area (Å²) in [7, 11) is -1.17. The summed E-state index contributed by atoms with van der Waals surface area (Å²) >= 11 is 0. The van der Waals surface area contributed by atoms with E-state index < -0.39 is 10.8 Å². The van der Waals surface area contributed by atoms with E-state index in [0.29, 0.717) is 0 Å². The van der Waals surface area contributed by atoms with Gasteiger partial charge in [0.2, 0.25) is 0 Å². The van der Waals surface area contributed by atoms with Gasteiger partial charge in [-0.1, -0.05) is 37.0 Å². The SMILES string of the molecule is Cc1ccc(S(=O)CC(=O)C2CCCCC2)cc1. The Morgan fingerprint density at radius 1 is 1.17 bits per heavy atom. The normalized spacial score (nSPS) is 18.5. The summed E-state index contributed by atoms with van der Waals surface area (Å²) in [5.41, 5.74) is 1.15. The van der Waals surface area contributed by atoms with Crippen molar-refractivity contribution in [2.24, 2.45) is 5.92 Å². The first-order chi connectivity index (χ1) is 8.66. The Balaban J connectivity index is 1.94. The molecule has 18 heavy (non-hydrogen) atoms. The van der Waals surface area contributed by atoms with Crippen LogP contribution in [0.2, 0.25) is 0 Å². The molecule has 1 aromatic rings. The second-order valence-corrected chi connectivity index (χ2v) is 6.56. The largest absolute Gasteiger partial charge is 0.298 e. The average Bonchev–Trinajstić information content (AvgIpc) is 2.40. The fourth-order valence-electron chi connectivity index (χ4n) is 2.45. The average molecular weight is 264 g/mol. The lowest BCUT2D eigenvalue weighted by Crippen LogP contribution is -2.23. The van der Waals surface area contributed by atoms with Crippen LogP contribution in [0, 0.1) is 12.8 Å². The maximum absolute atomic E-state index is 12.1. The number of Topliss-reactive ketones (excluding diaryl/α,β-unsaturated/α-hetero) is 1. The van der Waals surface area contributed by atoms with Crippen LogP contribution in [0.3, 0.4) is 0 Å². The molecular formula is C15H20O2S. The van der Waals surface area contributed by atoms with Crippen LogP contribution in [0.4, 0.5) is 0 Å². The first kappa shape index (κ1) is 13.5. The standard InChI is InChI=1S/C15H20O2S/c1-12-7-9-14(10-8-12)18(17)11-15(16)13-5-3-2-4-6-13/h7-10,13H,2-6,11H2,1H3. The van der Waals surface area contributed by atoms with E-state index in [1.807, 2.05) is 31.2 Å². The van der Waals surface area contributed by atoms with Crippen molar-refractivity contribution in [2.45, 2.75) is 43.9 Å². The van der Waals surface area contributed by atoms with Crippen molar-refractivity contribution in [2.75, 3.05) is 5.75 Å². The van der Waals surface area contributed by atoms with Crippen molar-refractivity contribution in [3.63, 3.8) is 0 Å². The summed E-state index contributed by atoms with van der Waals surface area (Å²) in [6.07, 6.45) is 5.51. The van der Waals surface area contributed by atoms with Crippen molar-refractivity contribution < 1.29 is 9.00 Å². The zero-order chi connectivity index (χ0) is 13.0. The monoisotopic (exact) mass is 264 g/mol. The summed E-state index contributed by atoms with van der Waals surface area (Å²) in [5.74, 6) is 0.537. The zero-order valence-corrected chi connectivity index (χ0v) is 11.7. The predicted molar refractivity (Wildman–Crippen MR) is 74.0 cm³/mol. The molecular weight excluding hydrogens is 244 g/mol. The Morgan fingerprint density at radius 2 is 1.78 bits per heavy atom. The third-order valence-electron chi connectivity index (χ3n) is 3.62. The van der Waals surface area contributed by atoms with Gasteiger partial charge in [0.25, 0.3) is 0 Å². The van der Waals surface area contributed by atoms with Crippen LogP contribution in [0.5, 0.6) is 0 Å². The van der Waals surface area contributed by atoms with Crippen LogP contribution < -0.4 is 0 Å². The molecule has 0 bridgehead atoms. The van der Waals surface area contributed by atoms with Crippen molar-refractivity contribution in [3.05, 3.63) is 29.8 Å². The van der Waals surface area contributed by atoms with Gasteiger partial charge in [0.05, 0.1) is 16.6 Å². The summed E-state index contributed by atoms with van der Waals surface area (Å²) < 4.78 is 12.1. The van der Waals surface area contributed by atoms with E-state index >= 15 is 0 Å². The minimum absolute atomic E-state index is 0.160. The molecule has 0 spiro atoms. The Hall–Kier alpha value is -0.960. The van der Waals surface area contributed by atoms with Gasteiger partial charge in [-0.15, -0.1) is 0 Å². The van der Waals surface area contributed by atoms with E-state index in [-0.39, 0.29) is 17.5 Å². The van der Waals surface area contributed by atoms with Gasteiger partial charge in [-0.05, 0) is 31.9 Å². The molecule has 1 aromatic carbocycles. The Bertz CT molecular complexity index is 430. The highest BCUT2D eigenvalue weighted by atomic mass is 32.2. The lowest BCUT2D eigenvalue weighted by Gasteiger charge is -2.19. The van der Waals surface area contributed by atoms with Gasteiger partial charge >= 0.3 is 0 Å². The maximum Gasteiger partial charge on any atom is 0.148 e. The lowest BCUT2D eigenvalue weighted by atomic mass is 9.87. The van der Waals surface area contributed by atoms with Crippen LogP contribution in [0.25, 0.3) is 0 Å². The summed E-state index contributed by atoms with van der Waals surface area (Å²) in [4.78, 5) is 12.8. The Labute approximate surface area is 111 Å². The molecule has 0 saturated heterocycles. The summed E-state index contributed by atoms with van der Waals surface area (Å²) in [6, 6.07) is 7.61. The van der Waals surface area contributed by atoms with Gasteiger partial charge in [-0.3, -0.25) is 9.00 Å². The molecule has 98 valence electrons. The van der Waals surface area contributed by atoms with Gasteiger partial charge in [-0.25, -0.2) is 0 Å². The van der Waals surface area contributed by atoms with Crippen molar-refractivity contribution >= 4 is 16.6 Å². The predicted octanol–water partition coefficient (Wildman–Crippen LogP) is 3.25. The second kappa shape index (κ2) is 6.28. The second-order valence-electron chi connectivity index (χ2n) is 5.10. The molecule has 0 N–H and O–H groups in total. The first-order valence-corrected chi connectivity index (χ1v) is 7.96. The smallest absolute Gasteiger partial charge is 0.148 e. The molecule has 1 aliphatic rings. The van der Waals surface area contributed by atoms with Gasteiger partial charge in [0.1, 0.15) is 5.78 Å². The number of ketones is 1. The molecule has 2 nitrogen and oxygen atoms in total. The van der Waals surface area contributed by atoms with Gasteiger partial charge in [0.15, 0.2) is 0 Å². The molecule has 3 heteroatoms. The van der Waals surface area contributed by atoms with Crippen molar-refractivity contribution in [1.82, 2.24) is 0 Å². The van der Waals surface area contributed by atoms with Crippen LogP contribution in [-0.2, 0) is 15.6 Å². The molecule has 1 saturated carbocycles. The van der Waals surface area contributed by atoms with Crippen LogP contribution in [0.1, 0.15) is 37.7 Å². The zero-order valence-electron chi connectivity index (χ0n) is 10.9. The molecule has 1 atom stereocenters. The van der Waals surface area contributed by atoms with Gasteiger partial charge in [0, 0.05) is 10.8 Å². The molecule has 1 fully saturated rings. The highest BCUT2D eigenvalue weighted by molar-refractivity contribution is 7.85. The van der Waals surface area contributed by atoms with Crippen LogP contribution in [-0.4, -0.2) is 15.7 Å². The Kier molecular flexibility index (Phi) is 4.70. The number of hydrogen-bond acceptors (Lipinski definition) is 2. The van der Waals surface area contributed by atoms with E-state index in [9.17, 15) is 9.00 Å².